The molecule has 0 atom stereocenters. The van der Waals surface area contributed by atoms with Crippen molar-refractivity contribution in [2.45, 2.75) is 25.7 Å². The molecule has 0 saturated carbocycles. The number of fused-ring (bicyclic) bond motifs is 8. The number of aliphatic imine (C=N–C) groups is 1. The van der Waals surface area contributed by atoms with E-state index >= 15 is 0 Å². The van der Waals surface area contributed by atoms with Gasteiger partial charge in [0.25, 0.3) is 0 Å². The number of hydrogen-bond acceptors (Lipinski definition) is 2. The number of nitrogens with zero attached hydrogens (tertiary/aromatic N) is 3. The molecule has 3 nitrogen and oxygen atoms in total. The molecule has 0 fully saturated rings. The van der Waals surface area contributed by atoms with Crippen LogP contribution in [0.25, 0.3) is 71.8 Å². The van der Waals surface area contributed by atoms with E-state index in [1.165, 1.54) is 71.6 Å². The molecule has 1 aromatic heterocycles. The van der Waals surface area contributed by atoms with Crippen LogP contribution in [0.5, 0.6) is 0 Å². The van der Waals surface area contributed by atoms with Gasteiger partial charge in [-0.25, -0.2) is 4.99 Å². The van der Waals surface area contributed by atoms with E-state index in [1.54, 1.807) is 0 Å². The van der Waals surface area contributed by atoms with Crippen molar-refractivity contribution in [2.24, 2.45) is 4.99 Å². The molecule has 0 amide bonds. The second-order valence-electron chi connectivity index (χ2n) is 17.2. The van der Waals surface area contributed by atoms with Crippen molar-refractivity contribution in [3.63, 3.8) is 0 Å². The number of benzene rings is 9. The molecule has 12 rings (SSSR count). The molecular weight excluding hydrogens is 751 g/mol. The van der Waals surface area contributed by atoms with Crippen LogP contribution < -0.4 is 4.90 Å². The standard InChI is InChI=1S/C59H43N3/c1-59(2)54-17-9-7-15-50(54)51-32-25-45(36-55(51)59)42-23-29-48(30-24-42)61(47-27-21-41(22-28-47)44-20-19-39-11-3-5-13-43(39)35-44)49-31-33-53-52-16-8-10-18-56(52)62(57(53)37-49)58-34-26-40-12-4-6-14-46(40)38-60-58/h3-25,27-38H,26H2,1-2H3. The van der Waals surface area contributed by atoms with Crippen LogP contribution in [0.3, 0.4) is 0 Å². The quantitative estimate of drug-likeness (QED) is 0.164. The van der Waals surface area contributed by atoms with E-state index in [9.17, 15) is 0 Å². The number of rotatable bonds is 6. The maximum Gasteiger partial charge on any atom is 0.133 e. The third-order valence-electron chi connectivity index (χ3n) is 13.3. The predicted molar refractivity (Wildman–Crippen MR) is 262 cm³/mol. The third kappa shape index (κ3) is 5.84. The zero-order chi connectivity index (χ0) is 41.4. The smallest absolute Gasteiger partial charge is 0.133 e. The lowest BCUT2D eigenvalue weighted by Gasteiger charge is -2.26. The van der Waals surface area contributed by atoms with Gasteiger partial charge in [0, 0.05) is 39.5 Å². The summed E-state index contributed by atoms with van der Waals surface area (Å²) in [6.07, 6.45) is 5.10. The first-order chi connectivity index (χ1) is 30.5. The van der Waals surface area contributed by atoms with E-state index in [4.69, 9.17) is 4.99 Å². The SMILES string of the molecule is CC1(C)c2ccccc2-c2ccc(-c3ccc(N(c4ccc(-c5ccc6ccccc6c5)cc4)c4ccc5c6ccccc6n(C6=CCc7ccccc7C=N6)c5c4)cc3)cc21. The van der Waals surface area contributed by atoms with Crippen LogP contribution >= 0.6 is 0 Å². The largest absolute Gasteiger partial charge is 0.310 e. The number of allylic oxidation sites excluding steroid dienone is 1. The van der Waals surface area contributed by atoms with E-state index in [0.717, 1.165) is 45.9 Å². The Labute approximate surface area is 362 Å². The molecule has 0 bridgehead atoms. The fourth-order valence-electron chi connectivity index (χ4n) is 10.0. The monoisotopic (exact) mass is 793 g/mol. The lowest BCUT2D eigenvalue weighted by atomic mass is 9.81. The zero-order valence-corrected chi connectivity index (χ0v) is 34.8. The van der Waals surface area contributed by atoms with Crippen molar-refractivity contribution < 1.29 is 0 Å². The van der Waals surface area contributed by atoms with E-state index in [1.807, 2.05) is 6.21 Å². The van der Waals surface area contributed by atoms with Crippen molar-refractivity contribution in [2.75, 3.05) is 4.90 Å². The van der Waals surface area contributed by atoms with Gasteiger partial charge in [-0.2, -0.15) is 0 Å². The first-order valence-electron chi connectivity index (χ1n) is 21.6. The second kappa shape index (κ2) is 14.2. The summed E-state index contributed by atoms with van der Waals surface area (Å²) in [6.45, 7) is 4.70. The second-order valence-corrected chi connectivity index (χ2v) is 17.2. The van der Waals surface area contributed by atoms with Crippen molar-refractivity contribution in [3.05, 3.63) is 229 Å². The summed E-state index contributed by atoms with van der Waals surface area (Å²) in [6, 6.07) is 73.4. The molecule has 1 aliphatic carbocycles. The van der Waals surface area contributed by atoms with Crippen molar-refractivity contribution in [1.29, 1.82) is 0 Å². The molecule has 1 aliphatic heterocycles. The molecule has 2 aliphatic rings. The van der Waals surface area contributed by atoms with Gasteiger partial charge in [-0.05, 0) is 134 Å². The van der Waals surface area contributed by atoms with Gasteiger partial charge in [0.1, 0.15) is 5.82 Å². The van der Waals surface area contributed by atoms with E-state index in [2.05, 4.69) is 230 Å². The fourth-order valence-corrected chi connectivity index (χ4v) is 10.0. The highest BCUT2D eigenvalue weighted by Gasteiger charge is 2.35. The molecule has 2 heterocycles. The van der Waals surface area contributed by atoms with Gasteiger partial charge in [-0.3, -0.25) is 4.57 Å². The van der Waals surface area contributed by atoms with E-state index in [-0.39, 0.29) is 5.41 Å². The van der Waals surface area contributed by atoms with Gasteiger partial charge in [0.15, 0.2) is 0 Å². The highest BCUT2D eigenvalue weighted by Crippen LogP contribution is 2.50. The molecule has 9 aromatic carbocycles. The Morgan fingerprint density at radius 1 is 0.468 bits per heavy atom. The Bertz CT molecular complexity index is 3450. The van der Waals surface area contributed by atoms with Crippen molar-refractivity contribution >= 4 is 61.7 Å². The number of aromatic nitrogens is 1. The zero-order valence-electron chi connectivity index (χ0n) is 34.8. The number of anilines is 3. The number of para-hydroxylation sites is 1. The average Bonchev–Trinajstić information content (AvgIpc) is 3.65. The fraction of sp³-hybridized carbons (Fsp3) is 0.0678. The normalized spacial score (nSPS) is 13.7. The maximum absolute atomic E-state index is 5.12. The topological polar surface area (TPSA) is 20.5 Å². The van der Waals surface area contributed by atoms with Crippen LogP contribution in [-0.2, 0) is 11.8 Å². The Balaban J connectivity index is 0.982. The van der Waals surface area contributed by atoms with E-state index < -0.39 is 0 Å². The Hall–Kier alpha value is -7.75. The minimum absolute atomic E-state index is 0.0547. The van der Waals surface area contributed by atoms with E-state index in [0.29, 0.717) is 0 Å². The molecule has 10 aromatic rings. The van der Waals surface area contributed by atoms with Gasteiger partial charge in [-0.15, -0.1) is 0 Å². The first kappa shape index (κ1) is 36.1. The molecule has 0 radical (unpaired) electrons. The highest BCUT2D eigenvalue weighted by atomic mass is 15.1. The van der Waals surface area contributed by atoms with Crippen LogP contribution in [-0.4, -0.2) is 10.8 Å². The van der Waals surface area contributed by atoms with Gasteiger partial charge in [0.2, 0.25) is 0 Å². The summed E-state index contributed by atoms with van der Waals surface area (Å²) in [5.74, 6) is 0.931. The third-order valence-corrected chi connectivity index (χ3v) is 13.3. The molecule has 0 saturated heterocycles. The van der Waals surface area contributed by atoms with Crippen LogP contribution in [0.15, 0.2) is 211 Å². The molecular formula is C59H43N3. The summed E-state index contributed by atoms with van der Waals surface area (Å²) in [7, 11) is 0. The Morgan fingerprint density at radius 2 is 1.08 bits per heavy atom. The van der Waals surface area contributed by atoms with Crippen LogP contribution in [0.2, 0.25) is 0 Å². The molecule has 0 unspecified atom stereocenters. The molecule has 3 heteroatoms. The minimum atomic E-state index is -0.0547. The van der Waals surface area contributed by atoms with Crippen LogP contribution in [0.4, 0.5) is 17.1 Å². The molecule has 0 N–H and O–H groups in total. The summed E-state index contributed by atoms with van der Waals surface area (Å²) in [5, 5.41) is 4.90. The van der Waals surface area contributed by atoms with Crippen LogP contribution in [0, 0.1) is 0 Å². The molecule has 62 heavy (non-hydrogen) atoms. The van der Waals surface area contributed by atoms with Crippen molar-refractivity contribution in [3.8, 4) is 33.4 Å². The van der Waals surface area contributed by atoms with Gasteiger partial charge >= 0.3 is 0 Å². The highest BCUT2D eigenvalue weighted by molar-refractivity contribution is 6.11. The average molecular weight is 794 g/mol. The Morgan fingerprint density at radius 3 is 1.90 bits per heavy atom. The van der Waals surface area contributed by atoms with Crippen molar-refractivity contribution in [1.82, 2.24) is 4.57 Å². The van der Waals surface area contributed by atoms with Crippen LogP contribution in [0.1, 0.15) is 36.1 Å². The lowest BCUT2D eigenvalue weighted by Crippen LogP contribution is -2.14. The summed E-state index contributed by atoms with van der Waals surface area (Å²) in [5.41, 5.74) is 18.2. The first-order valence-corrected chi connectivity index (χ1v) is 21.6. The maximum atomic E-state index is 5.12. The summed E-state index contributed by atoms with van der Waals surface area (Å²) < 4.78 is 2.34. The summed E-state index contributed by atoms with van der Waals surface area (Å²) in [4.78, 5) is 7.51. The Kier molecular flexibility index (Phi) is 8.26. The predicted octanol–water partition coefficient (Wildman–Crippen LogP) is 15.5. The number of hydrogen-bond donors (Lipinski definition) is 0. The van der Waals surface area contributed by atoms with Gasteiger partial charge in [-0.1, -0.05) is 159 Å². The minimum Gasteiger partial charge on any atom is -0.310 e. The molecule has 294 valence electrons. The summed E-state index contributed by atoms with van der Waals surface area (Å²) >= 11 is 0. The van der Waals surface area contributed by atoms with Gasteiger partial charge < -0.3 is 4.90 Å². The lowest BCUT2D eigenvalue weighted by molar-refractivity contribution is 0.660. The molecule has 0 spiro atoms. The van der Waals surface area contributed by atoms with Gasteiger partial charge in [0.05, 0.1) is 11.0 Å².